The minimum atomic E-state index is -0.494. The molecule has 82 valence electrons. The average Bonchev–Trinajstić information content (AvgIpc) is 2.15. The molecule has 6 heteroatoms. The first-order chi connectivity index (χ1) is 7.63. The third kappa shape index (κ3) is 2.35. The number of H-pyrrole nitrogens is 1. The highest BCUT2D eigenvalue weighted by Crippen LogP contribution is 2.14. The number of aromatic amines is 1. The van der Waals surface area contributed by atoms with Crippen LogP contribution in [0, 0.1) is 5.82 Å². The SMILES string of the molecule is O=c1cc(O)nc(Nc2cccc(F)c2)[nH]1. The van der Waals surface area contributed by atoms with Crippen molar-refractivity contribution >= 4 is 11.6 Å². The van der Waals surface area contributed by atoms with Crippen LogP contribution in [0.15, 0.2) is 35.1 Å². The van der Waals surface area contributed by atoms with Crippen LogP contribution in [-0.2, 0) is 0 Å². The Morgan fingerprint density at radius 1 is 1.38 bits per heavy atom. The Morgan fingerprint density at radius 3 is 2.88 bits per heavy atom. The zero-order chi connectivity index (χ0) is 11.5. The van der Waals surface area contributed by atoms with Gasteiger partial charge in [0.2, 0.25) is 11.8 Å². The van der Waals surface area contributed by atoms with Gasteiger partial charge in [-0.05, 0) is 18.2 Å². The van der Waals surface area contributed by atoms with Gasteiger partial charge in [0, 0.05) is 5.69 Å². The van der Waals surface area contributed by atoms with Crippen LogP contribution in [0.2, 0.25) is 0 Å². The van der Waals surface area contributed by atoms with E-state index < -0.39 is 17.3 Å². The maximum atomic E-state index is 12.8. The van der Waals surface area contributed by atoms with Crippen LogP contribution in [0.1, 0.15) is 0 Å². The van der Waals surface area contributed by atoms with Crippen molar-refractivity contribution in [1.82, 2.24) is 9.97 Å². The molecule has 3 N–H and O–H groups in total. The fourth-order valence-corrected chi connectivity index (χ4v) is 1.21. The molecule has 0 aliphatic heterocycles. The number of nitrogens with one attached hydrogen (secondary N) is 2. The van der Waals surface area contributed by atoms with Gasteiger partial charge in [-0.15, -0.1) is 0 Å². The molecule has 0 bridgehead atoms. The van der Waals surface area contributed by atoms with Gasteiger partial charge in [-0.25, -0.2) is 4.39 Å². The summed E-state index contributed by atoms with van der Waals surface area (Å²) in [7, 11) is 0. The molecular formula is C10H8FN3O2. The standard InChI is InChI=1S/C10H8FN3O2/c11-6-2-1-3-7(4-6)12-10-13-8(15)5-9(16)14-10/h1-5H,(H3,12,13,14,15,16). The highest BCUT2D eigenvalue weighted by atomic mass is 19.1. The van der Waals surface area contributed by atoms with Crippen LogP contribution in [0.5, 0.6) is 5.88 Å². The molecule has 0 spiro atoms. The number of aromatic nitrogens is 2. The van der Waals surface area contributed by atoms with E-state index in [9.17, 15) is 9.18 Å². The Balaban J connectivity index is 2.30. The predicted octanol–water partition coefficient (Wildman–Crippen LogP) is 1.36. The van der Waals surface area contributed by atoms with Gasteiger partial charge in [0.1, 0.15) is 5.82 Å². The number of benzene rings is 1. The lowest BCUT2D eigenvalue weighted by Crippen LogP contribution is -2.08. The van der Waals surface area contributed by atoms with Crippen molar-refractivity contribution in [2.75, 3.05) is 5.32 Å². The Hall–Kier alpha value is -2.37. The largest absolute Gasteiger partial charge is 0.493 e. The minimum Gasteiger partial charge on any atom is -0.493 e. The van der Waals surface area contributed by atoms with Crippen LogP contribution >= 0.6 is 0 Å². The van der Waals surface area contributed by atoms with E-state index in [0.717, 1.165) is 6.07 Å². The monoisotopic (exact) mass is 221 g/mol. The van der Waals surface area contributed by atoms with Crippen molar-refractivity contribution < 1.29 is 9.50 Å². The lowest BCUT2D eigenvalue weighted by Gasteiger charge is -2.04. The quantitative estimate of drug-likeness (QED) is 0.715. The molecule has 1 aromatic heterocycles. The van der Waals surface area contributed by atoms with Crippen molar-refractivity contribution in [3.05, 3.63) is 46.5 Å². The summed E-state index contributed by atoms with van der Waals surface area (Å²) in [6.07, 6.45) is 0. The fraction of sp³-hybridized carbons (Fsp3) is 0. The molecule has 2 rings (SSSR count). The van der Waals surface area contributed by atoms with Gasteiger partial charge >= 0.3 is 0 Å². The number of hydrogen-bond acceptors (Lipinski definition) is 4. The first kappa shape index (κ1) is 10.2. The maximum absolute atomic E-state index is 12.8. The van der Waals surface area contributed by atoms with Crippen LogP contribution in [0.3, 0.4) is 0 Å². The van der Waals surface area contributed by atoms with Gasteiger partial charge in [0.25, 0.3) is 5.56 Å². The van der Waals surface area contributed by atoms with E-state index in [-0.39, 0.29) is 5.95 Å². The summed E-state index contributed by atoms with van der Waals surface area (Å²) < 4.78 is 12.8. The van der Waals surface area contributed by atoms with Crippen molar-refractivity contribution in [2.45, 2.75) is 0 Å². The third-order valence-corrected chi connectivity index (χ3v) is 1.82. The zero-order valence-corrected chi connectivity index (χ0v) is 8.07. The number of halogens is 1. The summed E-state index contributed by atoms with van der Waals surface area (Å²) in [4.78, 5) is 17.0. The summed E-state index contributed by atoms with van der Waals surface area (Å²) in [5.74, 6) is -0.759. The Bertz CT molecular complexity index is 568. The van der Waals surface area contributed by atoms with E-state index in [2.05, 4.69) is 15.3 Å². The van der Waals surface area contributed by atoms with Gasteiger partial charge in [0.05, 0.1) is 6.07 Å². The van der Waals surface area contributed by atoms with Crippen LogP contribution in [0.4, 0.5) is 16.0 Å². The van der Waals surface area contributed by atoms with E-state index in [1.807, 2.05) is 0 Å². The molecular weight excluding hydrogens is 213 g/mol. The molecule has 1 aromatic carbocycles. The summed E-state index contributed by atoms with van der Waals surface area (Å²) in [6, 6.07) is 6.59. The number of hydrogen-bond donors (Lipinski definition) is 3. The van der Waals surface area contributed by atoms with Gasteiger partial charge in [-0.2, -0.15) is 4.98 Å². The predicted molar refractivity (Wildman–Crippen MR) is 56.2 cm³/mol. The Kier molecular flexibility index (Phi) is 2.55. The highest BCUT2D eigenvalue weighted by molar-refractivity contribution is 5.52. The van der Waals surface area contributed by atoms with Gasteiger partial charge in [-0.3, -0.25) is 9.78 Å². The molecule has 1 heterocycles. The van der Waals surface area contributed by atoms with Crippen LogP contribution in [0.25, 0.3) is 0 Å². The van der Waals surface area contributed by atoms with Gasteiger partial charge in [0.15, 0.2) is 0 Å². The summed E-state index contributed by atoms with van der Waals surface area (Å²) in [5.41, 5.74) is -0.0693. The molecule has 0 aliphatic carbocycles. The molecule has 0 amide bonds. The van der Waals surface area contributed by atoms with E-state index in [0.29, 0.717) is 5.69 Å². The van der Waals surface area contributed by atoms with E-state index >= 15 is 0 Å². The second-order valence-electron chi connectivity index (χ2n) is 3.09. The van der Waals surface area contributed by atoms with Gasteiger partial charge < -0.3 is 10.4 Å². The number of aromatic hydroxyl groups is 1. The summed E-state index contributed by atoms with van der Waals surface area (Å²) in [6.45, 7) is 0. The van der Waals surface area contributed by atoms with E-state index in [4.69, 9.17) is 5.11 Å². The minimum absolute atomic E-state index is 0.0515. The zero-order valence-electron chi connectivity index (χ0n) is 8.07. The second kappa shape index (κ2) is 4.01. The molecule has 0 atom stereocenters. The molecule has 2 aromatic rings. The number of nitrogens with zero attached hydrogens (tertiary/aromatic N) is 1. The van der Waals surface area contributed by atoms with Crippen LogP contribution in [-0.4, -0.2) is 15.1 Å². The Labute approximate surface area is 89.6 Å². The smallest absolute Gasteiger partial charge is 0.256 e. The topological polar surface area (TPSA) is 78.0 Å². The van der Waals surface area contributed by atoms with E-state index in [1.165, 1.54) is 18.2 Å². The van der Waals surface area contributed by atoms with E-state index in [1.54, 1.807) is 6.07 Å². The lowest BCUT2D eigenvalue weighted by molar-refractivity contribution is 0.452. The molecule has 0 saturated carbocycles. The van der Waals surface area contributed by atoms with Crippen molar-refractivity contribution in [1.29, 1.82) is 0 Å². The third-order valence-electron chi connectivity index (χ3n) is 1.82. The molecule has 16 heavy (non-hydrogen) atoms. The second-order valence-corrected chi connectivity index (χ2v) is 3.09. The molecule has 5 nitrogen and oxygen atoms in total. The normalized spacial score (nSPS) is 10.1. The summed E-state index contributed by atoms with van der Waals surface area (Å²) >= 11 is 0. The fourth-order valence-electron chi connectivity index (χ4n) is 1.21. The molecule has 0 aliphatic rings. The number of rotatable bonds is 2. The van der Waals surface area contributed by atoms with Crippen molar-refractivity contribution in [3.8, 4) is 5.88 Å². The maximum Gasteiger partial charge on any atom is 0.256 e. The lowest BCUT2D eigenvalue weighted by atomic mass is 10.3. The first-order valence-electron chi connectivity index (χ1n) is 4.46. The van der Waals surface area contributed by atoms with Crippen LogP contribution < -0.4 is 10.9 Å². The first-order valence-corrected chi connectivity index (χ1v) is 4.46. The molecule has 0 unspecified atom stereocenters. The summed E-state index contributed by atoms with van der Waals surface area (Å²) in [5, 5.41) is 11.7. The van der Waals surface area contributed by atoms with Gasteiger partial charge in [-0.1, -0.05) is 6.07 Å². The molecule has 0 saturated heterocycles. The molecule has 0 radical (unpaired) electrons. The molecule has 0 fully saturated rings. The van der Waals surface area contributed by atoms with Crippen molar-refractivity contribution in [3.63, 3.8) is 0 Å². The highest BCUT2D eigenvalue weighted by Gasteiger charge is 2.00. The number of anilines is 2. The van der Waals surface area contributed by atoms with Crippen molar-refractivity contribution in [2.24, 2.45) is 0 Å². The average molecular weight is 221 g/mol. The Morgan fingerprint density at radius 2 is 2.19 bits per heavy atom.